The van der Waals surface area contributed by atoms with Gasteiger partial charge in [0.15, 0.2) is 0 Å². The lowest BCUT2D eigenvalue weighted by Crippen LogP contribution is -1.97. The first kappa shape index (κ1) is 14.4. The molecule has 0 unspecified atom stereocenters. The van der Waals surface area contributed by atoms with Crippen LogP contribution in [0.1, 0.15) is 24.6 Å². The van der Waals surface area contributed by atoms with Crippen molar-refractivity contribution in [1.29, 1.82) is 0 Å². The molecule has 1 heterocycles. The van der Waals surface area contributed by atoms with Gasteiger partial charge in [-0.15, -0.1) is 0 Å². The second-order valence-corrected chi connectivity index (χ2v) is 6.39. The third kappa shape index (κ3) is 3.56. The van der Waals surface area contributed by atoms with Crippen LogP contribution in [0.5, 0.6) is 11.6 Å². The number of nitro groups is 1. The van der Waals surface area contributed by atoms with Crippen LogP contribution in [0.15, 0.2) is 33.3 Å². The number of benzene rings is 1. The zero-order valence-corrected chi connectivity index (χ0v) is 13.8. The Morgan fingerprint density at radius 3 is 2.62 bits per heavy atom. The monoisotopic (exact) mass is 413 g/mol. The van der Waals surface area contributed by atoms with E-state index in [4.69, 9.17) is 4.74 Å². The quantitative estimate of drug-likeness (QED) is 0.415. The Balaban J connectivity index is 1.91. The smallest absolute Gasteiger partial charge is 0.274 e. The number of aromatic nitrogens is 2. The molecule has 0 bridgehead atoms. The highest BCUT2D eigenvalue weighted by atomic mass is 79.9. The van der Waals surface area contributed by atoms with E-state index < -0.39 is 4.92 Å². The third-order valence-corrected chi connectivity index (χ3v) is 3.78. The first-order valence-corrected chi connectivity index (χ1v) is 7.77. The molecule has 0 spiro atoms. The lowest BCUT2D eigenvalue weighted by atomic mass is 10.3. The molecule has 21 heavy (non-hydrogen) atoms. The van der Waals surface area contributed by atoms with Crippen molar-refractivity contribution >= 4 is 37.5 Å². The predicted molar refractivity (Wildman–Crippen MR) is 82.6 cm³/mol. The highest BCUT2D eigenvalue weighted by Gasteiger charge is 2.27. The fourth-order valence-electron chi connectivity index (χ4n) is 1.82. The van der Waals surface area contributed by atoms with Gasteiger partial charge >= 0.3 is 0 Å². The number of rotatable bonds is 4. The second kappa shape index (κ2) is 5.69. The molecule has 0 radical (unpaired) electrons. The molecule has 0 amide bonds. The summed E-state index contributed by atoms with van der Waals surface area (Å²) < 4.78 is 6.84. The van der Waals surface area contributed by atoms with E-state index in [-0.39, 0.29) is 5.69 Å². The first-order valence-electron chi connectivity index (χ1n) is 6.18. The number of nitro benzene ring substituents is 1. The second-order valence-electron chi connectivity index (χ2n) is 4.67. The van der Waals surface area contributed by atoms with Crippen LogP contribution in [0.3, 0.4) is 0 Å². The van der Waals surface area contributed by atoms with Crippen LogP contribution >= 0.6 is 31.9 Å². The summed E-state index contributed by atoms with van der Waals surface area (Å²) in [6.07, 6.45) is 2.16. The molecule has 0 atom stereocenters. The average Bonchev–Trinajstić information content (AvgIpc) is 3.21. The zero-order chi connectivity index (χ0) is 15.0. The van der Waals surface area contributed by atoms with Crippen LogP contribution < -0.4 is 4.74 Å². The van der Waals surface area contributed by atoms with E-state index >= 15 is 0 Å². The average molecular weight is 415 g/mol. The number of hydrogen-bond acceptors (Lipinski definition) is 5. The Morgan fingerprint density at radius 2 is 1.95 bits per heavy atom. The Labute approximate surface area is 137 Å². The molecule has 1 aromatic carbocycles. The standard InChI is InChI=1S/C13H9Br2N3O3/c14-8-3-9(18(19)20)5-10(4-8)21-12-6-11(15)16-13(17-12)7-1-2-7/h3-7H,1-2H2. The summed E-state index contributed by atoms with van der Waals surface area (Å²) in [5, 5.41) is 10.9. The van der Waals surface area contributed by atoms with E-state index in [1.807, 2.05) is 0 Å². The van der Waals surface area contributed by atoms with Crippen molar-refractivity contribution < 1.29 is 9.66 Å². The summed E-state index contributed by atoms with van der Waals surface area (Å²) in [5.41, 5.74) is -0.0464. The van der Waals surface area contributed by atoms with Crippen molar-refractivity contribution in [1.82, 2.24) is 9.97 Å². The van der Waals surface area contributed by atoms with E-state index in [0.717, 1.165) is 18.7 Å². The summed E-state index contributed by atoms with van der Waals surface area (Å²) in [5.74, 6) is 1.85. The van der Waals surface area contributed by atoms with Gasteiger partial charge in [0.05, 0.1) is 11.0 Å². The Kier molecular flexibility index (Phi) is 3.90. The molecule has 0 saturated heterocycles. The SMILES string of the molecule is O=[N+]([O-])c1cc(Br)cc(Oc2cc(Br)nc(C3CC3)n2)c1. The highest BCUT2D eigenvalue weighted by molar-refractivity contribution is 9.10. The molecule has 6 nitrogen and oxygen atoms in total. The minimum absolute atomic E-state index is 0.0464. The Bertz CT molecular complexity index is 720. The number of nitrogens with zero attached hydrogens (tertiary/aromatic N) is 3. The van der Waals surface area contributed by atoms with Gasteiger partial charge in [0.2, 0.25) is 5.88 Å². The minimum Gasteiger partial charge on any atom is -0.439 e. The van der Waals surface area contributed by atoms with E-state index in [9.17, 15) is 10.1 Å². The molecule has 1 aromatic heterocycles. The molecular formula is C13H9Br2N3O3. The van der Waals surface area contributed by atoms with Crippen molar-refractivity contribution in [3.63, 3.8) is 0 Å². The van der Waals surface area contributed by atoms with Crippen LogP contribution in [0.25, 0.3) is 0 Å². The Morgan fingerprint density at radius 1 is 1.19 bits per heavy atom. The predicted octanol–water partition coefficient (Wildman–Crippen LogP) is 4.58. The molecule has 1 aliphatic carbocycles. The number of halogens is 2. The van der Waals surface area contributed by atoms with Gasteiger partial charge in [-0.3, -0.25) is 10.1 Å². The van der Waals surface area contributed by atoms with Gasteiger partial charge in [-0.05, 0) is 34.8 Å². The third-order valence-electron chi connectivity index (χ3n) is 2.92. The lowest BCUT2D eigenvalue weighted by Gasteiger charge is -2.07. The lowest BCUT2D eigenvalue weighted by molar-refractivity contribution is -0.385. The van der Waals surface area contributed by atoms with Gasteiger partial charge in [0.1, 0.15) is 16.2 Å². The van der Waals surface area contributed by atoms with Crippen LogP contribution in [-0.2, 0) is 0 Å². The van der Waals surface area contributed by atoms with Gasteiger partial charge in [-0.25, -0.2) is 4.98 Å². The summed E-state index contributed by atoms with van der Waals surface area (Å²) in [4.78, 5) is 19.0. The number of hydrogen-bond donors (Lipinski definition) is 0. The van der Waals surface area contributed by atoms with E-state index in [1.165, 1.54) is 12.1 Å². The van der Waals surface area contributed by atoms with Gasteiger partial charge < -0.3 is 4.74 Å². The molecule has 0 aliphatic heterocycles. The maximum absolute atomic E-state index is 10.9. The molecule has 1 saturated carbocycles. The maximum atomic E-state index is 10.9. The van der Waals surface area contributed by atoms with E-state index in [2.05, 4.69) is 41.8 Å². The van der Waals surface area contributed by atoms with Crippen molar-refractivity contribution in [2.45, 2.75) is 18.8 Å². The fraction of sp³-hybridized carbons (Fsp3) is 0.231. The summed E-state index contributed by atoms with van der Waals surface area (Å²) >= 11 is 6.56. The molecule has 1 aliphatic rings. The summed E-state index contributed by atoms with van der Waals surface area (Å²) in [6, 6.07) is 6.06. The van der Waals surface area contributed by atoms with Crippen LogP contribution in [0.4, 0.5) is 5.69 Å². The van der Waals surface area contributed by atoms with Crippen LogP contribution in [0, 0.1) is 10.1 Å². The molecule has 8 heteroatoms. The topological polar surface area (TPSA) is 78.2 Å². The van der Waals surface area contributed by atoms with Crippen molar-refractivity contribution in [3.8, 4) is 11.6 Å². The van der Waals surface area contributed by atoms with Crippen molar-refractivity contribution in [2.24, 2.45) is 0 Å². The number of non-ortho nitro benzene ring substituents is 1. The molecular weight excluding hydrogens is 406 g/mol. The van der Waals surface area contributed by atoms with Crippen molar-refractivity contribution in [3.05, 3.63) is 49.3 Å². The van der Waals surface area contributed by atoms with E-state index in [0.29, 0.717) is 26.6 Å². The Hall–Kier alpha value is -1.54. The van der Waals surface area contributed by atoms with Crippen LogP contribution in [0.2, 0.25) is 0 Å². The van der Waals surface area contributed by atoms with Gasteiger partial charge in [0.25, 0.3) is 5.69 Å². The largest absolute Gasteiger partial charge is 0.439 e. The molecule has 2 aromatic rings. The molecule has 3 rings (SSSR count). The van der Waals surface area contributed by atoms with Crippen LogP contribution in [-0.4, -0.2) is 14.9 Å². The summed E-state index contributed by atoms with van der Waals surface area (Å²) in [6.45, 7) is 0. The van der Waals surface area contributed by atoms with Crippen molar-refractivity contribution in [2.75, 3.05) is 0 Å². The number of ether oxygens (including phenoxy) is 1. The molecule has 1 fully saturated rings. The highest BCUT2D eigenvalue weighted by Crippen LogP contribution is 2.39. The zero-order valence-electron chi connectivity index (χ0n) is 10.6. The summed E-state index contributed by atoms with van der Waals surface area (Å²) in [7, 11) is 0. The minimum atomic E-state index is -0.469. The fourth-order valence-corrected chi connectivity index (χ4v) is 2.66. The maximum Gasteiger partial charge on any atom is 0.274 e. The first-order chi connectivity index (χ1) is 10.0. The molecule has 108 valence electrons. The van der Waals surface area contributed by atoms with E-state index in [1.54, 1.807) is 12.1 Å². The van der Waals surface area contributed by atoms with Gasteiger partial charge in [-0.2, -0.15) is 4.98 Å². The van der Waals surface area contributed by atoms with Gasteiger partial charge in [-0.1, -0.05) is 15.9 Å². The normalized spacial score (nSPS) is 14.0. The molecule has 0 N–H and O–H groups in total. The van der Waals surface area contributed by atoms with Gasteiger partial charge in [0, 0.05) is 22.5 Å².